The highest BCUT2D eigenvalue weighted by Crippen LogP contribution is 2.32. The van der Waals surface area contributed by atoms with Crippen molar-refractivity contribution in [2.24, 2.45) is 0 Å². The molecule has 0 aliphatic heterocycles. The number of hydrogen-bond donors (Lipinski definition) is 2. The molecule has 1 aromatic heterocycles. The first-order valence-electron chi connectivity index (χ1n) is 5.75. The second-order valence-corrected chi connectivity index (χ2v) is 5.93. The first-order chi connectivity index (χ1) is 8.60. The SMILES string of the molecule is CCCCC(=O)Nc1cc(Br)c2nc(N)sc2c1. The topological polar surface area (TPSA) is 68.0 Å². The van der Waals surface area contributed by atoms with Gasteiger partial charge in [0.05, 0.1) is 10.2 Å². The van der Waals surface area contributed by atoms with E-state index in [0.717, 1.165) is 33.2 Å². The Kier molecular flexibility index (Phi) is 4.19. The Morgan fingerprint density at radius 3 is 3.06 bits per heavy atom. The summed E-state index contributed by atoms with van der Waals surface area (Å²) in [6, 6.07) is 3.75. The second kappa shape index (κ2) is 5.67. The van der Waals surface area contributed by atoms with E-state index < -0.39 is 0 Å². The number of nitrogens with zero attached hydrogens (tertiary/aromatic N) is 1. The zero-order valence-electron chi connectivity index (χ0n) is 10.00. The summed E-state index contributed by atoms with van der Waals surface area (Å²) < 4.78 is 1.81. The number of unbranched alkanes of at least 4 members (excludes halogenated alkanes) is 1. The molecule has 2 aromatic rings. The van der Waals surface area contributed by atoms with Crippen LogP contribution in [0.15, 0.2) is 16.6 Å². The van der Waals surface area contributed by atoms with Crippen LogP contribution in [-0.4, -0.2) is 10.9 Å². The Bertz CT molecular complexity index is 582. The lowest BCUT2D eigenvalue weighted by atomic mass is 10.2. The van der Waals surface area contributed by atoms with Crippen LogP contribution in [0.4, 0.5) is 10.8 Å². The number of nitrogens with two attached hydrogens (primary N) is 1. The van der Waals surface area contributed by atoms with Gasteiger partial charge in [-0.05, 0) is 34.5 Å². The van der Waals surface area contributed by atoms with Gasteiger partial charge in [-0.15, -0.1) is 0 Å². The number of thiazole rings is 1. The Balaban J connectivity index is 2.21. The Labute approximate surface area is 118 Å². The Morgan fingerprint density at radius 2 is 2.33 bits per heavy atom. The first-order valence-corrected chi connectivity index (χ1v) is 7.36. The molecule has 18 heavy (non-hydrogen) atoms. The maximum Gasteiger partial charge on any atom is 0.224 e. The van der Waals surface area contributed by atoms with Crippen LogP contribution in [0.5, 0.6) is 0 Å². The van der Waals surface area contributed by atoms with Gasteiger partial charge >= 0.3 is 0 Å². The van der Waals surface area contributed by atoms with Gasteiger partial charge in [0.15, 0.2) is 5.13 Å². The highest BCUT2D eigenvalue weighted by Gasteiger charge is 2.09. The molecule has 0 aliphatic carbocycles. The molecular weight excluding hydrogens is 314 g/mol. The molecule has 0 unspecified atom stereocenters. The fourth-order valence-electron chi connectivity index (χ4n) is 1.64. The smallest absolute Gasteiger partial charge is 0.224 e. The first kappa shape index (κ1) is 13.3. The minimum atomic E-state index is 0.0422. The lowest BCUT2D eigenvalue weighted by Gasteiger charge is -2.05. The van der Waals surface area contributed by atoms with Crippen molar-refractivity contribution in [3.05, 3.63) is 16.6 Å². The van der Waals surface area contributed by atoms with Crippen molar-refractivity contribution in [2.45, 2.75) is 26.2 Å². The molecule has 0 fully saturated rings. The van der Waals surface area contributed by atoms with E-state index in [1.807, 2.05) is 12.1 Å². The number of anilines is 2. The average molecular weight is 328 g/mol. The van der Waals surface area contributed by atoms with E-state index in [2.05, 4.69) is 33.2 Å². The summed E-state index contributed by atoms with van der Waals surface area (Å²) in [5.41, 5.74) is 7.29. The van der Waals surface area contributed by atoms with Crippen molar-refractivity contribution in [2.75, 3.05) is 11.1 Å². The van der Waals surface area contributed by atoms with E-state index in [9.17, 15) is 4.79 Å². The van der Waals surface area contributed by atoms with Crippen LogP contribution in [0, 0.1) is 0 Å². The van der Waals surface area contributed by atoms with Crippen molar-refractivity contribution in [3.8, 4) is 0 Å². The largest absolute Gasteiger partial charge is 0.375 e. The average Bonchev–Trinajstić information content (AvgIpc) is 2.67. The number of rotatable bonds is 4. The van der Waals surface area contributed by atoms with Crippen LogP contribution in [0.1, 0.15) is 26.2 Å². The number of benzene rings is 1. The van der Waals surface area contributed by atoms with Crippen LogP contribution in [0.2, 0.25) is 0 Å². The molecule has 1 aromatic carbocycles. The number of amides is 1. The number of hydrogen-bond acceptors (Lipinski definition) is 4. The third kappa shape index (κ3) is 3.00. The molecule has 0 spiro atoms. The lowest BCUT2D eigenvalue weighted by molar-refractivity contribution is -0.116. The summed E-state index contributed by atoms with van der Waals surface area (Å²) in [5.74, 6) is 0.0422. The molecule has 0 aliphatic rings. The predicted octanol–water partition coefficient (Wildman–Crippen LogP) is 3.77. The second-order valence-electron chi connectivity index (χ2n) is 4.01. The van der Waals surface area contributed by atoms with Crippen LogP contribution < -0.4 is 11.1 Å². The van der Waals surface area contributed by atoms with E-state index in [1.54, 1.807) is 0 Å². The fraction of sp³-hybridized carbons (Fsp3) is 0.333. The maximum absolute atomic E-state index is 11.7. The van der Waals surface area contributed by atoms with Crippen LogP contribution in [0.3, 0.4) is 0 Å². The Morgan fingerprint density at radius 1 is 1.56 bits per heavy atom. The molecule has 4 nitrogen and oxygen atoms in total. The summed E-state index contributed by atoms with van der Waals surface area (Å²) in [4.78, 5) is 15.9. The van der Waals surface area contributed by atoms with Gasteiger partial charge in [-0.2, -0.15) is 0 Å². The van der Waals surface area contributed by atoms with Crippen LogP contribution in [0.25, 0.3) is 10.2 Å². The van der Waals surface area contributed by atoms with Gasteiger partial charge in [0.25, 0.3) is 0 Å². The molecule has 0 saturated carbocycles. The molecule has 0 bridgehead atoms. The summed E-state index contributed by atoms with van der Waals surface area (Å²) >= 11 is 4.85. The molecule has 0 radical (unpaired) electrons. The molecule has 2 rings (SSSR count). The van der Waals surface area contributed by atoms with Crippen molar-refractivity contribution in [1.29, 1.82) is 0 Å². The molecule has 1 heterocycles. The van der Waals surface area contributed by atoms with Gasteiger partial charge in [0, 0.05) is 16.6 Å². The number of halogens is 1. The highest BCUT2D eigenvalue weighted by atomic mass is 79.9. The highest BCUT2D eigenvalue weighted by molar-refractivity contribution is 9.10. The molecule has 3 N–H and O–H groups in total. The van der Waals surface area contributed by atoms with Gasteiger partial charge in [-0.1, -0.05) is 24.7 Å². The van der Waals surface area contributed by atoms with Gasteiger partial charge < -0.3 is 11.1 Å². The minimum absolute atomic E-state index is 0.0422. The monoisotopic (exact) mass is 327 g/mol. The van der Waals surface area contributed by atoms with Gasteiger partial charge in [-0.25, -0.2) is 4.98 Å². The van der Waals surface area contributed by atoms with E-state index in [0.29, 0.717) is 11.6 Å². The minimum Gasteiger partial charge on any atom is -0.375 e. The van der Waals surface area contributed by atoms with Crippen molar-refractivity contribution >= 4 is 54.2 Å². The number of nitrogen functional groups attached to an aromatic ring is 1. The summed E-state index contributed by atoms with van der Waals surface area (Å²) in [7, 11) is 0. The summed E-state index contributed by atoms with van der Waals surface area (Å²) in [6.45, 7) is 2.07. The molecule has 0 saturated heterocycles. The van der Waals surface area contributed by atoms with E-state index in [4.69, 9.17) is 5.73 Å². The molecule has 1 amide bonds. The lowest BCUT2D eigenvalue weighted by Crippen LogP contribution is -2.10. The van der Waals surface area contributed by atoms with E-state index in [1.165, 1.54) is 11.3 Å². The van der Waals surface area contributed by atoms with Gasteiger partial charge in [0.1, 0.15) is 0 Å². The zero-order valence-corrected chi connectivity index (χ0v) is 12.4. The number of fused-ring (bicyclic) bond motifs is 1. The molecule has 96 valence electrons. The fourth-order valence-corrected chi connectivity index (χ4v) is 3.12. The number of carbonyl (C=O) groups is 1. The third-order valence-corrected chi connectivity index (χ3v) is 3.94. The van der Waals surface area contributed by atoms with Crippen molar-refractivity contribution < 1.29 is 4.79 Å². The number of aromatic nitrogens is 1. The quantitative estimate of drug-likeness (QED) is 0.898. The molecule has 0 atom stereocenters. The normalized spacial score (nSPS) is 10.8. The maximum atomic E-state index is 11.7. The predicted molar refractivity (Wildman–Crippen MR) is 79.9 cm³/mol. The van der Waals surface area contributed by atoms with Crippen LogP contribution in [-0.2, 0) is 4.79 Å². The molecular formula is C12H14BrN3OS. The summed E-state index contributed by atoms with van der Waals surface area (Å²) in [5, 5.41) is 3.42. The van der Waals surface area contributed by atoms with Crippen molar-refractivity contribution in [1.82, 2.24) is 4.98 Å². The van der Waals surface area contributed by atoms with Gasteiger partial charge in [0.2, 0.25) is 5.91 Å². The zero-order chi connectivity index (χ0) is 13.1. The van der Waals surface area contributed by atoms with Gasteiger partial charge in [-0.3, -0.25) is 4.79 Å². The third-order valence-electron chi connectivity index (χ3n) is 2.51. The summed E-state index contributed by atoms with van der Waals surface area (Å²) in [6.07, 6.45) is 2.47. The number of nitrogens with one attached hydrogen (secondary N) is 1. The van der Waals surface area contributed by atoms with E-state index in [-0.39, 0.29) is 5.91 Å². The Hall–Kier alpha value is -1.14. The molecule has 6 heteroatoms. The van der Waals surface area contributed by atoms with E-state index >= 15 is 0 Å². The standard InChI is InChI=1S/C12H14BrN3OS/c1-2-3-4-10(17)15-7-5-8(13)11-9(6-7)18-12(14)16-11/h5-6H,2-4H2,1H3,(H2,14,16)(H,15,17). The van der Waals surface area contributed by atoms with Crippen molar-refractivity contribution in [3.63, 3.8) is 0 Å². The number of carbonyl (C=O) groups excluding carboxylic acids is 1. The van der Waals surface area contributed by atoms with Crippen LogP contribution >= 0.6 is 27.3 Å².